The van der Waals surface area contributed by atoms with Crippen molar-refractivity contribution in [2.24, 2.45) is 10.9 Å². The Hall–Kier alpha value is -0.830. The number of hydrogen-bond donors (Lipinski definition) is 1. The topological polar surface area (TPSA) is 54.7 Å². The summed E-state index contributed by atoms with van der Waals surface area (Å²) < 4.78 is 7.78. The van der Waals surface area contributed by atoms with Gasteiger partial charge in [0.1, 0.15) is 0 Å². The van der Waals surface area contributed by atoms with Gasteiger partial charge in [-0.1, -0.05) is 0 Å². The Kier molecular flexibility index (Phi) is 10.4. The van der Waals surface area contributed by atoms with Crippen LogP contribution in [0.15, 0.2) is 11.1 Å². The second-order valence-electron chi connectivity index (χ2n) is 6.68. The molecule has 0 radical (unpaired) electrons. The van der Waals surface area contributed by atoms with E-state index >= 15 is 0 Å². The Labute approximate surface area is 169 Å². The van der Waals surface area contributed by atoms with Crippen molar-refractivity contribution < 1.29 is 4.74 Å². The number of aromatic nitrogens is 2. The highest BCUT2D eigenvalue weighted by Gasteiger charge is 2.21. The first-order valence-corrected chi connectivity index (χ1v) is 9.18. The zero-order valence-corrected chi connectivity index (χ0v) is 18.5. The lowest BCUT2D eigenvalue weighted by molar-refractivity contribution is 0.115. The Bertz CT molecular complexity index is 528. The van der Waals surface area contributed by atoms with Gasteiger partial charge < -0.3 is 15.0 Å². The van der Waals surface area contributed by atoms with Crippen molar-refractivity contribution in [2.45, 2.75) is 46.6 Å². The van der Waals surface area contributed by atoms with E-state index in [-0.39, 0.29) is 24.0 Å². The van der Waals surface area contributed by atoms with E-state index in [4.69, 9.17) is 9.73 Å². The Balaban J connectivity index is 0.00000312. The zero-order valence-electron chi connectivity index (χ0n) is 16.1. The number of halogens is 1. The molecule has 1 fully saturated rings. The fraction of sp³-hybridized carbons (Fsp3) is 0.778. The van der Waals surface area contributed by atoms with Crippen molar-refractivity contribution in [3.63, 3.8) is 0 Å². The maximum absolute atomic E-state index is 5.72. The monoisotopic (exact) mass is 463 g/mol. The lowest BCUT2D eigenvalue weighted by atomic mass is 10.4. The van der Waals surface area contributed by atoms with E-state index in [0.29, 0.717) is 0 Å². The van der Waals surface area contributed by atoms with Gasteiger partial charge in [-0.25, -0.2) is 0 Å². The molecule has 1 saturated carbocycles. The lowest BCUT2D eigenvalue weighted by Gasteiger charge is -2.22. The van der Waals surface area contributed by atoms with Gasteiger partial charge in [-0.2, -0.15) is 5.10 Å². The highest BCUT2D eigenvalue weighted by atomic mass is 127. The third-order valence-electron chi connectivity index (χ3n) is 4.21. The Morgan fingerprint density at radius 3 is 2.80 bits per heavy atom. The first kappa shape index (κ1) is 22.2. The predicted molar refractivity (Wildman–Crippen MR) is 114 cm³/mol. The summed E-state index contributed by atoms with van der Waals surface area (Å²) in [5.41, 5.74) is 2.29. The van der Waals surface area contributed by atoms with E-state index in [9.17, 15) is 0 Å². The molecule has 6 nitrogen and oxygen atoms in total. The standard InChI is InChI=1S/C18H33N5O.HI/c1-5-19-18(22(4)11-12-24-14-17-7-8-17)20-9-6-10-23-16(3)13-15(2)21-23;/h13,17H,5-12,14H2,1-4H3,(H,19,20);1H. The normalized spacial score (nSPS) is 14.3. The minimum Gasteiger partial charge on any atom is -0.379 e. The Morgan fingerprint density at radius 1 is 1.44 bits per heavy atom. The van der Waals surface area contributed by atoms with Gasteiger partial charge in [0.2, 0.25) is 0 Å². The molecule has 0 atom stereocenters. The molecular formula is C18H34IN5O. The van der Waals surface area contributed by atoms with Gasteiger partial charge >= 0.3 is 0 Å². The maximum Gasteiger partial charge on any atom is 0.193 e. The molecule has 1 heterocycles. The number of rotatable bonds is 10. The predicted octanol–water partition coefficient (Wildman–Crippen LogP) is 2.83. The van der Waals surface area contributed by atoms with E-state index < -0.39 is 0 Å². The van der Waals surface area contributed by atoms with Crippen molar-refractivity contribution in [1.29, 1.82) is 0 Å². The molecular weight excluding hydrogens is 429 g/mol. The third-order valence-corrected chi connectivity index (χ3v) is 4.21. The van der Waals surface area contributed by atoms with Gasteiger partial charge in [0.15, 0.2) is 5.96 Å². The first-order chi connectivity index (χ1) is 11.6. The van der Waals surface area contributed by atoms with Crippen LogP contribution in [0.25, 0.3) is 0 Å². The van der Waals surface area contributed by atoms with Crippen LogP contribution in [0.3, 0.4) is 0 Å². The molecule has 7 heteroatoms. The smallest absolute Gasteiger partial charge is 0.193 e. The number of aliphatic imine (C=N–C) groups is 1. The van der Waals surface area contributed by atoms with Crippen LogP contribution >= 0.6 is 24.0 Å². The molecule has 1 aromatic rings. The zero-order chi connectivity index (χ0) is 17.4. The second-order valence-corrected chi connectivity index (χ2v) is 6.68. The van der Waals surface area contributed by atoms with Crippen molar-refractivity contribution in [3.8, 4) is 0 Å². The maximum atomic E-state index is 5.72. The number of guanidine groups is 1. The summed E-state index contributed by atoms with van der Waals surface area (Å²) in [6.07, 6.45) is 3.67. The molecule has 1 aliphatic carbocycles. The number of aryl methyl sites for hydroxylation is 3. The van der Waals surface area contributed by atoms with Gasteiger partial charge in [0.25, 0.3) is 0 Å². The number of nitrogens with zero attached hydrogens (tertiary/aromatic N) is 4. The summed E-state index contributed by atoms with van der Waals surface area (Å²) in [6.45, 7) is 11.4. The number of nitrogens with one attached hydrogen (secondary N) is 1. The molecule has 0 aliphatic heterocycles. The fourth-order valence-electron chi connectivity index (χ4n) is 2.62. The lowest BCUT2D eigenvalue weighted by Crippen LogP contribution is -2.40. The minimum absolute atomic E-state index is 0. The number of ether oxygens (including phenoxy) is 1. The molecule has 0 spiro atoms. The summed E-state index contributed by atoms with van der Waals surface area (Å²) in [5.74, 6) is 1.78. The molecule has 2 rings (SSSR count). The van der Waals surface area contributed by atoms with Gasteiger partial charge in [-0.05, 0) is 52.0 Å². The summed E-state index contributed by atoms with van der Waals surface area (Å²) in [4.78, 5) is 6.88. The van der Waals surface area contributed by atoms with Crippen LogP contribution in [0.2, 0.25) is 0 Å². The molecule has 25 heavy (non-hydrogen) atoms. The van der Waals surface area contributed by atoms with Crippen molar-refractivity contribution in [3.05, 3.63) is 17.5 Å². The van der Waals surface area contributed by atoms with Crippen molar-refractivity contribution >= 4 is 29.9 Å². The molecule has 0 unspecified atom stereocenters. The van der Waals surface area contributed by atoms with Crippen LogP contribution in [0.5, 0.6) is 0 Å². The minimum atomic E-state index is 0. The van der Waals surface area contributed by atoms with E-state index in [0.717, 1.165) is 63.4 Å². The fourth-order valence-corrected chi connectivity index (χ4v) is 2.62. The van der Waals surface area contributed by atoms with Crippen molar-refractivity contribution in [2.75, 3.05) is 39.9 Å². The van der Waals surface area contributed by atoms with Crippen molar-refractivity contribution in [1.82, 2.24) is 20.0 Å². The quantitative estimate of drug-likeness (QED) is 0.251. The van der Waals surface area contributed by atoms with Crippen LogP contribution in [-0.4, -0.2) is 60.5 Å². The van der Waals surface area contributed by atoms with Gasteiger partial charge in [0.05, 0.1) is 12.3 Å². The summed E-state index contributed by atoms with van der Waals surface area (Å²) in [5, 5.41) is 7.85. The van der Waals surface area contributed by atoms with E-state index in [1.807, 2.05) is 6.92 Å². The highest BCUT2D eigenvalue weighted by molar-refractivity contribution is 14.0. The summed E-state index contributed by atoms with van der Waals surface area (Å²) in [7, 11) is 2.07. The SMILES string of the molecule is CCNC(=NCCCn1nc(C)cc1C)N(C)CCOCC1CC1.I. The first-order valence-electron chi connectivity index (χ1n) is 9.18. The second kappa shape index (κ2) is 11.7. The molecule has 0 saturated heterocycles. The molecule has 0 bridgehead atoms. The third kappa shape index (κ3) is 8.40. The highest BCUT2D eigenvalue weighted by Crippen LogP contribution is 2.28. The molecule has 0 amide bonds. The van der Waals surface area contributed by atoms with Crippen LogP contribution in [0.4, 0.5) is 0 Å². The average molecular weight is 463 g/mol. The van der Waals surface area contributed by atoms with E-state index in [2.05, 4.69) is 47.0 Å². The van der Waals surface area contributed by atoms with Gasteiger partial charge in [-0.15, -0.1) is 24.0 Å². The van der Waals surface area contributed by atoms with E-state index in [1.165, 1.54) is 18.5 Å². The van der Waals surface area contributed by atoms with Crippen LogP contribution < -0.4 is 5.32 Å². The molecule has 0 aromatic carbocycles. The number of hydrogen-bond acceptors (Lipinski definition) is 3. The molecule has 1 N–H and O–H groups in total. The summed E-state index contributed by atoms with van der Waals surface area (Å²) in [6, 6.07) is 2.11. The van der Waals surface area contributed by atoms with Gasteiger partial charge in [0, 0.05) is 45.5 Å². The Morgan fingerprint density at radius 2 is 2.20 bits per heavy atom. The van der Waals surface area contributed by atoms with Crippen LogP contribution in [0, 0.1) is 19.8 Å². The van der Waals surface area contributed by atoms with Crippen LogP contribution in [-0.2, 0) is 11.3 Å². The molecule has 1 aromatic heterocycles. The van der Waals surface area contributed by atoms with Crippen LogP contribution in [0.1, 0.15) is 37.6 Å². The largest absolute Gasteiger partial charge is 0.379 e. The molecule has 1 aliphatic rings. The average Bonchev–Trinajstić information content (AvgIpc) is 3.31. The van der Waals surface area contributed by atoms with E-state index in [1.54, 1.807) is 0 Å². The van der Waals surface area contributed by atoms with Gasteiger partial charge in [-0.3, -0.25) is 9.67 Å². The number of likely N-dealkylation sites (N-methyl/N-ethyl adjacent to an activating group) is 1. The molecule has 144 valence electrons. The summed E-state index contributed by atoms with van der Waals surface area (Å²) >= 11 is 0.